The molecule has 4 rings (SSSR count). The van der Waals surface area contributed by atoms with Crippen LogP contribution in [0, 0.1) is 0 Å². The fourth-order valence-electron chi connectivity index (χ4n) is 3.74. The second-order valence-electron chi connectivity index (χ2n) is 7.60. The van der Waals surface area contributed by atoms with E-state index in [0.29, 0.717) is 17.8 Å². The number of nitrogens with one attached hydrogen (secondary N) is 1. The van der Waals surface area contributed by atoms with Crippen LogP contribution in [0.2, 0.25) is 0 Å². The monoisotopic (exact) mass is 365 g/mol. The third kappa shape index (κ3) is 3.68. The number of fused-ring (bicyclic) bond motifs is 1. The Hall–Kier alpha value is -2.80. The van der Waals surface area contributed by atoms with Crippen LogP contribution in [0.1, 0.15) is 37.3 Å². The summed E-state index contributed by atoms with van der Waals surface area (Å²) < 4.78 is 1.79. The summed E-state index contributed by atoms with van der Waals surface area (Å²) in [5.41, 5.74) is 16.9. The highest BCUT2D eigenvalue weighted by atomic mass is 15.3. The summed E-state index contributed by atoms with van der Waals surface area (Å²) in [7, 11) is 4.05. The van der Waals surface area contributed by atoms with Crippen molar-refractivity contribution in [3.05, 3.63) is 42.2 Å². The van der Waals surface area contributed by atoms with Crippen LogP contribution in [-0.2, 0) is 0 Å². The highest BCUT2D eigenvalue weighted by Crippen LogP contribution is 2.33. The normalized spacial score (nSPS) is 20.0. The summed E-state index contributed by atoms with van der Waals surface area (Å²) in [6.45, 7) is 0. The Bertz CT molecular complexity index is 939. The van der Waals surface area contributed by atoms with E-state index in [9.17, 15) is 0 Å². The van der Waals surface area contributed by atoms with Crippen molar-refractivity contribution in [3.8, 4) is 0 Å². The number of aromatic nitrogens is 3. The molecule has 0 atom stereocenters. The Kier molecular flexibility index (Phi) is 4.61. The Balaban J connectivity index is 1.67. The van der Waals surface area contributed by atoms with Crippen LogP contribution >= 0.6 is 0 Å². The second kappa shape index (κ2) is 7.08. The van der Waals surface area contributed by atoms with Gasteiger partial charge in [-0.3, -0.25) is 0 Å². The van der Waals surface area contributed by atoms with Crippen molar-refractivity contribution in [1.82, 2.24) is 14.6 Å². The van der Waals surface area contributed by atoms with Crippen LogP contribution < -0.4 is 21.7 Å². The Morgan fingerprint density at radius 1 is 1.15 bits per heavy atom. The lowest BCUT2D eigenvalue weighted by Gasteiger charge is -2.24. The third-order valence-corrected chi connectivity index (χ3v) is 5.29. The van der Waals surface area contributed by atoms with E-state index in [1.54, 1.807) is 4.52 Å². The molecule has 1 saturated carbocycles. The summed E-state index contributed by atoms with van der Waals surface area (Å²) in [4.78, 5) is 6.96. The minimum absolute atomic E-state index is 0.327. The molecule has 142 valence electrons. The zero-order valence-corrected chi connectivity index (χ0v) is 15.9. The van der Waals surface area contributed by atoms with E-state index in [4.69, 9.17) is 16.5 Å². The van der Waals surface area contributed by atoms with E-state index in [0.717, 1.165) is 54.1 Å². The number of nitrogens with zero attached hydrogens (tertiary/aromatic N) is 4. The van der Waals surface area contributed by atoms with Gasteiger partial charge in [-0.15, -0.1) is 5.10 Å². The van der Waals surface area contributed by atoms with Gasteiger partial charge in [-0.2, -0.15) is 0 Å². The lowest BCUT2D eigenvalue weighted by Crippen LogP contribution is -2.25. The van der Waals surface area contributed by atoms with Crippen LogP contribution in [-0.4, -0.2) is 34.7 Å². The van der Waals surface area contributed by atoms with Gasteiger partial charge in [0.25, 0.3) is 0 Å². The Labute approximate surface area is 159 Å². The molecule has 1 aliphatic carbocycles. The van der Waals surface area contributed by atoms with Gasteiger partial charge in [-0.25, -0.2) is 9.50 Å². The highest BCUT2D eigenvalue weighted by Gasteiger charge is 2.23. The smallest absolute Gasteiger partial charge is 0.177 e. The molecule has 3 aromatic rings. The fraction of sp³-hybridized carbons (Fsp3) is 0.400. The molecule has 0 aliphatic heterocycles. The highest BCUT2D eigenvalue weighted by molar-refractivity contribution is 5.76. The quantitative estimate of drug-likeness (QED) is 0.657. The maximum absolute atomic E-state index is 6.05. The van der Waals surface area contributed by atoms with Crippen LogP contribution in [0.15, 0.2) is 36.5 Å². The van der Waals surface area contributed by atoms with E-state index in [1.807, 2.05) is 38.5 Å². The largest absolute Gasteiger partial charge is 0.382 e. The molecule has 2 aromatic heterocycles. The van der Waals surface area contributed by atoms with Crippen molar-refractivity contribution in [3.63, 3.8) is 0 Å². The topological polar surface area (TPSA) is 97.5 Å². The number of nitrogens with two attached hydrogens (primary N) is 2. The average molecular weight is 365 g/mol. The molecule has 5 N–H and O–H groups in total. The standard InChI is InChI=1S/C20H27N7/c1-26(2)16-5-3-4-15(10-16)23-17-11-19(22)25-27-12-18(24-20(17)27)13-6-8-14(21)9-7-13/h3-5,10-14,23H,6-9,21H2,1-2H3,(H2,22,25). The van der Waals surface area contributed by atoms with Crippen LogP contribution in [0.5, 0.6) is 0 Å². The molecule has 7 nitrogen and oxygen atoms in total. The van der Waals surface area contributed by atoms with Gasteiger partial charge in [-0.1, -0.05) is 6.07 Å². The maximum Gasteiger partial charge on any atom is 0.177 e. The van der Waals surface area contributed by atoms with Crippen molar-refractivity contribution < 1.29 is 0 Å². The summed E-state index contributed by atoms with van der Waals surface area (Å²) >= 11 is 0. The minimum Gasteiger partial charge on any atom is -0.382 e. The third-order valence-electron chi connectivity index (χ3n) is 5.29. The first kappa shape index (κ1) is 17.6. The van der Waals surface area contributed by atoms with E-state index in [-0.39, 0.29) is 0 Å². The van der Waals surface area contributed by atoms with Crippen molar-refractivity contribution >= 4 is 28.5 Å². The van der Waals surface area contributed by atoms with Gasteiger partial charge in [0, 0.05) is 43.5 Å². The Morgan fingerprint density at radius 2 is 1.93 bits per heavy atom. The predicted molar refractivity (Wildman–Crippen MR) is 111 cm³/mol. The number of benzene rings is 1. The molecule has 0 saturated heterocycles. The molecule has 1 fully saturated rings. The van der Waals surface area contributed by atoms with Crippen molar-refractivity contribution in [2.24, 2.45) is 5.73 Å². The zero-order valence-electron chi connectivity index (χ0n) is 15.9. The lowest BCUT2D eigenvalue weighted by molar-refractivity contribution is 0.391. The number of anilines is 4. The molecule has 1 aromatic carbocycles. The molecule has 2 heterocycles. The minimum atomic E-state index is 0.327. The van der Waals surface area contributed by atoms with Gasteiger partial charge in [0.2, 0.25) is 0 Å². The van der Waals surface area contributed by atoms with Crippen LogP contribution in [0.4, 0.5) is 22.9 Å². The SMILES string of the molecule is CN(C)c1cccc(Nc2cc(N)nn3cc(C4CCC(N)CC4)nc23)c1. The molecule has 0 amide bonds. The van der Waals surface area contributed by atoms with E-state index in [1.165, 1.54) is 0 Å². The molecule has 27 heavy (non-hydrogen) atoms. The molecule has 0 spiro atoms. The molecular weight excluding hydrogens is 338 g/mol. The molecular formula is C20H27N7. The first-order valence-corrected chi connectivity index (χ1v) is 9.45. The summed E-state index contributed by atoms with van der Waals surface area (Å²) in [5.74, 6) is 0.904. The van der Waals surface area contributed by atoms with Crippen molar-refractivity contribution in [2.45, 2.75) is 37.6 Å². The number of hydrogen-bond donors (Lipinski definition) is 3. The molecule has 7 heteroatoms. The number of nitrogen functional groups attached to an aromatic ring is 1. The molecule has 0 unspecified atom stereocenters. The van der Waals surface area contributed by atoms with Gasteiger partial charge in [0.05, 0.1) is 17.6 Å². The average Bonchev–Trinajstić information content (AvgIpc) is 3.06. The molecule has 0 bridgehead atoms. The Morgan fingerprint density at radius 3 is 2.67 bits per heavy atom. The fourth-order valence-corrected chi connectivity index (χ4v) is 3.74. The summed E-state index contributed by atoms with van der Waals surface area (Å²) in [5, 5.41) is 7.87. The summed E-state index contributed by atoms with van der Waals surface area (Å²) in [6, 6.07) is 10.4. The van der Waals surface area contributed by atoms with Gasteiger partial charge in [-0.05, 0) is 43.9 Å². The van der Waals surface area contributed by atoms with Crippen molar-refractivity contribution in [2.75, 3.05) is 30.0 Å². The van der Waals surface area contributed by atoms with E-state index < -0.39 is 0 Å². The van der Waals surface area contributed by atoms with Crippen molar-refractivity contribution in [1.29, 1.82) is 0 Å². The van der Waals surface area contributed by atoms with Crippen LogP contribution in [0.3, 0.4) is 0 Å². The first-order valence-electron chi connectivity index (χ1n) is 9.45. The molecule has 0 radical (unpaired) electrons. The van der Waals surface area contributed by atoms with E-state index >= 15 is 0 Å². The maximum atomic E-state index is 6.05. The van der Waals surface area contributed by atoms with Gasteiger partial charge in [0.1, 0.15) is 5.82 Å². The van der Waals surface area contributed by atoms with E-state index in [2.05, 4.69) is 27.4 Å². The van der Waals surface area contributed by atoms with Gasteiger partial charge >= 0.3 is 0 Å². The second-order valence-corrected chi connectivity index (χ2v) is 7.60. The first-order chi connectivity index (χ1) is 13.0. The molecule has 1 aliphatic rings. The predicted octanol–water partition coefficient (Wildman–Crippen LogP) is 3.11. The number of rotatable bonds is 4. The zero-order chi connectivity index (χ0) is 19.0. The van der Waals surface area contributed by atoms with Gasteiger partial charge < -0.3 is 21.7 Å². The van der Waals surface area contributed by atoms with Gasteiger partial charge in [0.15, 0.2) is 5.65 Å². The number of imidazole rings is 1. The lowest BCUT2D eigenvalue weighted by atomic mass is 9.85. The summed E-state index contributed by atoms with van der Waals surface area (Å²) in [6.07, 6.45) is 6.27. The number of hydrogen-bond acceptors (Lipinski definition) is 6. The van der Waals surface area contributed by atoms with Crippen LogP contribution in [0.25, 0.3) is 5.65 Å².